The van der Waals surface area contributed by atoms with E-state index in [4.69, 9.17) is 16.3 Å². The summed E-state index contributed by atoms with van der Waals surface area (Å²) in [5.74, 6) is -1.14. The molecule has 1 atom stereocenters. The molecule has 188 valence electrons. The largest absolute Gasteiger partial charge is 0.479 e. The number of aryl methyl sites for hydroxylation is 1. The fourth-order valence-electron chi connectivity index (χ4n) is 4.98. The lowest BCUT2D eigenvalue weighted by atomic mass is 9.83. The average Bonchev–Trinajstić information content (AvgIpc) is 3.26. The Labute approximate surface area is 217 Å². The second-order valence-corrected chi connectivity index (χ2v) is 10.9. The quantitative estimate of drug-likeness (QED) is 0.404. The topological polar surface area (TPSA) is 66.8 Å². The van der Waals surface area contributed by atoms with Gasteiger partial charge in [-0.2, -0.15) is 0 Å². The Morgan fingerprint density at radius 2 is 1.58 bits per heavy atom. The molecule has 0 saturated carbocycles. The van der Waals surface area contributed by atoms with Crippen molar-refractivity contribution in [1.82, 2.24) is 4.90 Å². The van der Waals surface area contributed by atoms with Crippen LogP contribution in [0.3, 0.4) is 0 Å². The van der Waals surface area contributed by atoms with Gasteiger partial charge in [-0.15, -0.1) is 0 Å². The van der Waals surface area contributed by atoms with Gasteiger partial charge in [0.15, 0.2) is 6.10 Å². The van der Waals surface area contributed by atoms with Crippen molar-refractivity contribution in [3.63, 3.8) is 0 Å². The van der Waals surface area contributed by atoms with Gasteiger partial charge in [0, 0.05) is 29.2 Å². The molecule has 4 rings (SSSR count). The highest BCUT2D eigenvalue weighted by atomic mass is 35.5. The van der Waals surface area contributed by atoms with Crippen LogP contribution in [0.1, 0.15) is 70.6 Å². The predicted molar refractivity (Wildman–Crippen MR) is 142 cm³/mol. The molecule has 0 bridgehead atoms. The van der Waals surface area contributed by atoms with Gasteiger partial charge >= 0.3 is 5.97 Å². The number of carboxylic acid groups (broad SMARTS) is 1. The Kier molecular flexibility index (Phi) is 7.00. The number of hydrogen-bond donors (Lipinski definition) is 1. The molecule has 1 aliphatic heterocycles. The number of halogens is 1. The van der Waals surface area contributed by atoms with Crippen LogP contribution in [-0.2, 0) is 22.6 Å². The number of amides is 1. The van der Waals surface area contributed by atoms with Crippen molar-refractivity contribution < 1.29 is 19.4 Å². The Morgan fingerprint density at radius 1 is 0.972 bits per heavy atom. The standard InChI is InChI=1S/C30H32ClNO4/c1-17-10-12-20(13-11-17)25-18(2)23-15-32(28(33)21-8-7-9-22(31)14-21)16-24(23)19(3)26(25)27(29(34)35)36-30(4,5)6/h7-14,27H,15-16H2,1-6H3,(H,34,35). The van der Waals surface area contributed by atoms with Gasteiger partial charge in [-0.05, 0) is 93.1 Å². The minimum atomic E-state index is -1.15. The summed E-state index contributed by atoms with van der Waals surface area (Å²) in [5, 5.41) is 10.8. The number of rotatable bonds is 5. The van der Waals surface area contributed by atoms with Crippen LogP contribution in [0.2, 0.25) is 5.02 Å². The number of benzene rings is 3. The maximum atomic E-state index is 13.3. The average molecular weight is 506 g/mol. The fourth-order valence-corrected chi connectivity index (χ4v) is 5.17. The molecule has 6 heteroatoms. The van der Waals surface area contributed by atoms with Crippen molar-refractivity contribution in [3.05, 3.63) is 92.5 Å². The molecular weight excluding hydrogens is 474 g/mol. The SMILES string of the molecule is Cc1ccc(-c2c(C)c3c(c(C)c2C(OC(C)(C)C)C(=O)O)CN(C(=O)c2cccc(Cl)c2)C3)cc1. The summed E-state index contributed by atoms with van der Waals surface area (Å²) < 4.78 is 6.13. The molecule has 1 N–H and O–H groups in total. The summed E-state index contributed by atoms with van der Waals surface area (Å²) in [4.78, 5) is 27.7. The first-order valence-corrected chi connectivity index (χ1v) is 12.4. The molecule has 0 radical (unpaired) electrons. The molecule has 1 amide bonds. The zero-order valence-electron chi connectivity index (χ0n) is 21.6. The van der Waals surface area contributed by atoms with Gasteiger partial charge in [0.25, 0.3) is 5.91 Å². The van der Waals surface area contributed by atoms with Gasteiger partial charge in [0.1, 0.15) is 0 Å². The molecule has 0 aromatic heterocycles. The number of nitrogens with zero attached hydrogens (tertiary/aromatic N) is 1. The molecule has 1 aliphatic rings. The Balaban J connectivity index is 1.89. The van der Waals surface area contributed by atoms with E-state index in [0.717, 1.165) is 38.9 Å². The lowest BCUT2D eigenvalue weighted by Gasteiger charge is -2.29. The van der Waals surface area contributed by atoms with Gasteiger partial charge in [-0.1, -0.05) is 47.5 Å². The van der Waals surface area contributed by atoms with Crippen molar-refractivity contribution in [2.75, 3.05) is 0 Å². The van der Waals surface area contributed by atoms with E-state index in [1.165, 1.54) is 0 Å². The third kappa shape index (κ3) is 5.04. The summed E-state index contributed by atoms with van der Waals surface area (Å²) in [6, 6.07) is 15.0. The van der Waals surface area contributed by atoms with Crippen LogP contribution in [0.25, 0.3) is 11.1 Å². The third-order valence-electron chi connectivity index (χ3n) is 6.67. The van der Waals surface area contributed by atoms with Gasteiger partial charge in [0.2, 0.25) is 0 Å². The number of aliphatic carboxylic acids is 1. The number of ether oxygens (including phenoxy) is 1. The van der Waals surface area contributed by atoms with E-state index in [9.17, 15) is 14.7 Å². The van der Waals surface area contributed by atoms with E-state index in [-0.39, 0.29) is 5.91 Å². The second kappa shape index (κ2) is 9.72. The molecule has 0 saturated heterocycles. The van der Waals surface area contributed by atoms with Crippen molar-refractivity contribution in [3.8, 4) is 11.1 Å². The van der Waals surface area contributed by atoms with Gasteiger partial charge in [-0.3, -0.25) is 4.79 Å². The number of carbonyl (C=O) groups is 2. The normalized spacial score (nSPS) is 14.0. The highest BCUT2D eigenvalue weighted by Gasteiger charge is 2.36. The first kappa shape index (κ1) is 25.9. The fraction of sp³-hybridized carbons (Fsp3) is 0.333. The highest BCUT2D eigenvalue weighted by Crippen LogP contribution is 2.44. The Bertz CT molecular complexity index is 1340. The molecule has 1 heterocycles. The minimum Gasteiger partial charge on any atom is -0.479 e. The minimum absolute atomic E-state index is 0.105. The molecule has 5 nitrogen and oxygen atoms in total. The van der Waals surface area contributed by atoms with Crippen molar-refractivity contribution >= 4 is 23.5 Å². The lowest BCUT2D eigenvalue weighted by Crippen LogP contribution is -2.28. The van der Waals surface area contributed by atoms with Crippen LogP contribution in [0.5, 0.6) is 0 Å². The van der Waals surface area contributed by atoms with Crippen LogP contribution < -0.4 is 0 Å². The molecule has 0 spiro atoms. The predicted octanol–water partition coefficient (Wildman–Crippen LogP) is 7.03. The van der Waals surface area contributed by atoms with Crippen molar-refractivity contribution in [2.45, 2.75) is 66.3 Å². The van der Waals surface area contributed by atoms with E-state index in [1.54, 1.807) is 29.2 Å². The maximum absolute atomic E-state index is 13.3. The zero-order valence-corrected chi connectivity index (χ0v) is 22.4. The van der Waals surface area contributed by atoms with E-state index in [0.29, 0.717) is 29.2 Å². The second-order valence-electron chi connectivity index (χ2n) is 10.5. The molecule has 0 fully saturated rings. The van der Waals surface area contributed by atoms with Gasteiger partial charge in [0.05, 0.1) is 5.60 Å². The first-order chi connectivity index (χ1) is 16.9. The van der Waals surface area contributed by atoms with Gasteiger partial charge < -0.3 is 14.7 Å². The number of fused-ring (bicyclic) bond motifs is 1. The molecule has 3 aromatic rings. The van der Waals surface area contributed by atoms with E-state index in [2.05, 4.69) is 0 Å². The van der Waals surface area contributed by atoms with Crippen LogP contribution in [0.4, 0.5) is 0 Å². The number of hydrogen-bond acceptors (Lipinski definition) is 3. The van der Waals surface area contributed by atoms with Gasteiger partial charge in [-0.25, -0.2) is 4.79 Å². The summed E-state index contributed by atoms with van der Waals surface area (Å²) in [7, 11) is 0. The maximum Gasteiger partial charge on any atom is 0.337 e. The lowest BCUT2D eigenvalue weighted by molar-refractivity contribution is -0.160. The Hall–Kier alpha value is -3.15. The van der Waals surface area contributed by atoms with Crippen LogP contribution in [0, 0.1) is 20.8 Å². The summed E-state index contributed by atoms with van der Waals surface area (Å²) in [6.07, 6.45) is -1.15. The van der Waals surface area contributed by atoms with E-state index >= 15 is 0 Å². The van der Waals surface area contributed by atoms with Crippen molar-refractivity contribution in [2.24, 2.45) is 0 Å². The van der Waals surface area contributed by atoms with Crippen molar-refractivity contribution in [1.29, 1.82) is 0 Å². The first-order valence-electron chi connectivity index (χ1n) is 12.0. The molecular formula is C30H32ClNO4. The molecule has 36 heavy (non-hydrogen) atoms. The third-order valence-corrected chi connectivity index (χ3v) is 6.91. The summed E-state index contributed by atoms with van der Waals surface area (Å²) in [6.45, 7) is 12.4. The van der Waals surface area contributed by atoms with E-state index in [1.807, 2.05) is 65.8 Å². The monoisotopic (exact) mass is 505 g/mol. The number of carbonyl (C=O) groups excluding carboxylic acids is 1. The Morgan fingerprint density at radius 3 is 2.14 bits per heavy atom. The van der Waals surface area contributed by atoms with Crippen LogP contribution in [0.15, 0.2) is 48.5 Å². The summed E-state index contributed by atoms with van der Waals surface area (Å²) >= 11 is 6.13. The molecule has 3 aromatic carbocycles. The molecule has 0 aliphatic carbocycles. The smallest absolute Gasteiger partial charge is 0.337 e. The highest BCUT2D eigenvalue weighted by molar-refractivity contribution is 6.31. The number of carboxylic acids is 1. The molecule has 1 unspecified atom stereocenters. The van der Waals surface area contributed by atoms with E-state index < -0.39 is 17.7 Å². The summed E-state index contributed by atoms with van der Waals surface area (Å²) in [5.41, 5.74) is 7.29. The van der Waals surface area contributed by atoms with Crippen LogP contribution >= 0.6 is 11.6 Å². The zero-order chi connectivity index (χ0) is 26.4. The van der Waals surface area contributed by atoms with Crippen LogP contribution in [-0.4, -0.2) is 27.5 Å².